The van der Waals surface area contributed by atoms with Crippen LogP contribution in [-0.4, -0.2) is 53.6 Å². The van der Waals surface area contributed by atoms with Gasteiger partial charge in [-0.3, -0.25) is 14.0 Å². The Morgan fingerprint density at radius 1 is 1.18 bits per heavy atom. The number of benzene rings is 1. The first-order valence-electron chi connectivity index (χ1n) is 10.3. The van der Waals surface area contributed by atoms with Gasteiger partial charge in [-0.15, -0.1) is 0 Å². The largest absolute Gasteiger partial charge is 0.493 e. The number of amides is 1. The van der Waals surface area contributed by atoms with E-state index in [2.05, 4.69) is 4.98 Å². The number of fused-ring (bicyclic) bond motifs is 1. The lowest BCUT2D eigenvalue weighted by Crippen LogP contribution is -2.41. The minimum Gasteiger partial charge on any atom is -0.493 e. The van der Waals surface area contributed by atoms with Crippen LogP contribution in [-0.2, 0) is 9.53 Å². The fraction of sp³-hybridized carbons (Fsp3) is 0.250. The molecule has 0 radical (unpaired) electrons. The summed E-state index contributed by atoms with van der Waals surface area (Å²) < 4.78 is 18.0. The van der Waals surface area contributed by atoms with Crippen molar-refractivity contribution in [1.82, 2.24) is 14.3 Å². The fourth-order valence-electron chi connectivity index (χ4n) is 3.52. The standard InChI is InChI=1S/C24H22N4O5/c1-16-6-5-9-28-21(16)26-22(33-20-8-4-3-7-19(20)31-2)18(24(28)30)14-17(15-25)23(29)27-10-12-32-13-11-27/h3-9,14H,10-13H2,1-2H3/b17-14+. The normalized spacial score (nSPS) is 14.1. The highest BCUT2D eigenvalue weighted by Crippen LogP contribution is 2.32. The van der Waals surface area contributed by atoms with Crippen LogP contribution in [0, 0.1) is 18.3 Å². The van der Waals surface area contributed by atoms with Crippen LogP contribution in [0.25, 0.3) is 11.7 Å². The van der Waals surface area contributed by atoms with Crippen molar-refractivity contribution < 1.29 is 19.0 Å². The number of ether oxygens (including phenoxy) is 3. The number of hydrogen-bond donors (Lipinski definition) is 0. The number of carbonyl (C=O) groups is 1. The van der Waals surface area contributed by atoms with Crippen LogP contribution in [0.3, 0.4) is 0 Å². The number of aryl methyl sites for hydroxylation is 1. The van der Waals surface area contributed by atoms with Gasteiger partial charge in [-0.25, -0.2) is 0 Å². The Bertz CT molecular complexity index is 1330. The van der Waals surface area contributed by atoms with Crippen LogP contribution >= 0.6 is 0 Å². The Kier molecular flexibility index (Phi) is 6.38. The Morgan fingerprint density at radius 3 is 2.61 bits per heavy atom. The van der Waals surface area contributed by atoms with Crippen molar-refractivity contribution in [3.05, 3.63) is 69.6 Å². The highest BCUT2D eigenvalue weighted by molar-refractivity contribution is 6.02. The van der Waals surface area contributed by atoms with E-state index in [4.69, 9.17) is 14.2 Å². The summed E-state index contributed by atoms with van der Waals surface area (Å²) in [6, 6.07) is 12.4. The third-order valence-corrected chi connectivity index (χ3v) is 5.26. The lowest BCUT2D eigenvalue weighted by Gasteiger charge is -2.26. The maximum Gasteiger partial charge on any atom is 0.269 e. The van der Waals surface area contributed by atoms with E-state index < -0.39 is 11.5 Å². The SMILES string of the molecule is COc1ccccc1Oc1nc2c(C)cccn2c(=O)c1/C=C(\C#N)C(=O)N1CCOCC1. The molecule has 0 unspecified atom stereocenters. The van der Waals surface area contributed by atoms with Crippen LogP contribution in [0.2, 0.25) is 0 Å². The van der Waals surface area contributed by atoms with E-state index >= 15 is 0 Å². The molecular weight excluding hydrogens is 424 g/mol. The minimum atomic E-state index is -0.474. The maximum atomic E-state index is 13.4. The number of nitriles is 1. The van der Waals surface area contributed by atoms with Crippen molar-refractivity contribution in [1.29, 1.82) is 5.26 Å². The van der Waals surface area contributed by atoms with Gasteiger partial charge >= 0.3 is 0 Å². The highest BCUT2D eigenvalue weighted by Gasteiger charge is 2.23. The number of para-hydroxylation sites is 2. The average Bonchev–Trinajstić information content (AvgIpc) is 2.85. The maximum absolute atomic E-state index is 13.4. The van der Waals surface area contributed by atoms with Gasteiger partial charge in [0.1, 0.15) is 22.9 Å². The van der Waals surface area contributed by atoms with Gasteiger partial charge in [0.25, 0.3) is 11.5 Å². The van der Waals surface area contributed by atoms with Gasteiger partial charge in [0, 0.05) is 19.3 Å². The van der Waals surface area contributed by atoms with Gasteiger partial charge in [-0.2, -0.15) is 10.2 Å². The summed E-state index contributed by atoms with van der Waals surface area (Å²) in [5.41, 5.74) is 0.508. The number of rotatable bonds is 5. The molecule has 1 amide bonds. The van der Waals surface area contributed by atoms with Crippen molar-refractivity contribution in [2.75, 3.05) is 33.4 Å². The molecule has 1 fully saturated rings. The van der Waals surface area contributed by atoms with Gasteiger partial charge in [-0.05, 0) is 36.8 Å². The molecule has 3 heterocycles. The molecule has 4 rings (SSSR count). The number of morpholine rings is 1. The zero-order chi connectivity index (χ0) is 23.4. The van der Waals surface area contributed by atoms with Crippen LogP contribution in [0.1, 0.15) is 11.1 Å². The first-order chi connectivity index (χ1) is 16.0. The van der Waals surface area contributed by atoms with Crippen molar-refractivity contribution in [2.24, 2.45) is 0 Å². The van der Waals surface area contributed by atoms with Gasteiger partial charge in [-0.1, -0.05) is 18.2 Å². The fourth-order valence-corrected chi connectivity index (χ4v) is 3.52. The van der Waals surface area contributed by atoms with E-state index in [9.17, 15) is 14.9 Å². The van der Waals surface area contributed by atoms with Gasteiger partial charge in [0.2, 0.25) is 5.88 Å². The van der Waals surface area contributed by atoms with Gasteiger partial charge in [0.05, 0.1) is 20.3 Å². The summed E-state index contributed by atoms with van der Waals surface area (Å²) in [5, 5.41) is 9.71. The van der Waals surface area contributed by atoms with E-state index in [0.29, 0.717) is 43.4 Å². The molecule has 9 heteroatoms. The zero-order valence-corrected chi connectivity index (χ0v) is 18.3. The Labute approximate surface area is 190 Å². The highest BCUT2D eigenvalue weighted by atomic mass is 16.5. The van der Waals surface area contributed by atoms with Crippen molar-refractivity contribution in [2.45, 2.75) is 6.92 Å². The summed E-state index contributed by atoms with van der Waals surface area (Å²) in [7, 11) is 1.50. The summed E-state index contributed by atoms with van der Waals surface area (Å²) in [6.45, 7) is 3.36. The molecule has 1 aliphatic rings. The molecule has 0 bridgehead atoms. The zero-order valence-electron chi connectivity index (χ0n) is 18.3. The molecule has 0 aliphatic carbocycles. The number of carbonyl (C=O) groups excluding carboxylic acids is 1. The minimum absolute atomic E-state index is 0.0119. The number of pyridine rings is 1. The third kappa shape index (κ3) is 4.42. The van der Waals surface area contributed by atoms with E-state index in [0.717, 1.165) is 5.56 Å². The second-order valence-electron chi connectivity index (χ2n) is 7.35. The molecule has 1 aromatic carbocycles. The molecule has 0 spiro atoms. The summed E-state index contributed by atoms with van der Waals surface area (Å²) in [4.78, 5) is 32.4. The van der Waals surface area contributed by atoms with E-state index in [1.807, 2.05) is 19.1 Å². The predicted octanol–water partition coefficient (Wildman–Crippen LogP) is 2.57. The summed E-state index contributed by atoms with van der Waals surface area (Å²) in [5.74, 6) is 0.292. The third-order valence-electron chi connectivity index (χ3n) is 5.26. The summed E-state index contributed by atoms with van der Waals surface area (Å²) >= 11 is 0. The molecule has 1 saturated heterocycles. The smallest absolute Gasteiger partial charge is 0.269 e. The molecular formula is C24H22N4O5. The predicted molar refractivity (Wildman–Crippen MR) is 120 cm³/mol. The van der Waals surface area contributed by atoms with E-state index in [-0.39, 0.29) is 17.0 Å². The molecule has 0 N–H and O–H groups in total. The van der Waals surface area contributed by atoms with Gasteiger partial charge in [0.15, 0.2) is 11.5 Å². The molecule has 0 atom stereocenters. The number of aromatic nitrogens is 2. The second-order valence-corrected chi connectivity index (χ2v) is 7.35. The van der Waals surface area contributed by atoms with Crippen LogP contribution in [0.15, 0.2) is 53.0 Å². The van der Waals surface area contributed by atoms with Crippen molar-refractivity contribution in [3.8, 4) is 23.4 Å². The first kappa shape index (κ1) is 22.0. The lowest BCUT2D eigenvalue weighted by molar-refractivity contribution is -0.130. The topological polar surface area (TPSA) is 106 Å². The van der Waals surface area contributed by atoms with E-state index in [1.165, 1.54) is 22.5 Å². The average molecular weight is 446 g/mol. The lowest BCUT2D eigenvalue weighted by atomic mass is 10.1. The van der Waals surface area contributed by atoms with E-state index in [1.54, 1.807) is 36.5 Å². The molecule has 3 aromatic rings. The van der Waals surface area contributed by atoms with Crippen LogP contribution in [0.5, 0.6) is 17.4 Å². The number of hydrogen-bond acceptors (Lipinski definition) is 7. The van der Waals surface area contributed by atoms with Crippen molar-refractivity contribution in [3.63, 3.8) is 0 Å². The molecule has 2 aromatic heterocycles. The Morgan fingerprint density at radius 2 is 1.91 bits per heavy atom. The molecule has 9 nitrogen and oxygen atoms in total. The number of methoxy groups -OCH3 is 1. The van der Waals surface area contributed by atoms with Gasteiger partial charge < -0.3 is 19.1 Å². The molecule has 168 valence electrons. The quantitative estimate of drug-likeness (QED) is 0.438. The van der Waals surface area contributed by atoms with Crippen LogP contribution in [0.4, 0.5) is 0 Å². The van der Waals surface area contributed by atoms with Crippen LogP contribution < -0.4 is 15.0 Å². The molecule has 1 aliphatic heterocycles. The Hall–Kier alpha value is -4.16. The second kappa shape index (κ2) is 9.54. The molecule has 0 saturated carbocycles. The molecule has 33 heavy (non-hydrogen) atoms. The number of nitrogens with zero attached hydrogens (tertiary/aromatic N) is 4. The first-order valence-corrected chi connectivity index (χ1v) is 10.3. The summed E-state index contributed by atoms with van der Waals surface area (Å²) in [6.07, 6.45) is 2.82. The Balaban J connectivity index is 1.88. The van der Waals surface area contributed by atoms with Crippen molar-refractivity contribution >= 4 is 17.6 Å². The monoisotopic (exact) mass is 446 g/mol.